The molecule has 0 aliphatic carbocycles. The molecule has 126 valence electrons. The summed E-state index contributed by atoms with van der Waals surface area (Å²) in [6, 6.07) is 0. The van der Waals surface area contributed by atoms with Gasteiger partial charge < -0.3 is 30.2 Å². The van der Waals surface area contributed by atoms with Crippen molar-refractivity contribution in [2.45, 2.75) is 45.4 Å². The molecule has 0 aliphatic rings. The average molecular weight is 318 g/mol. The number of unbranched alkanes of at least 4 members (excludes halogenated alkanes) is 4. The van der Waals surface area contributed by atoms with E-state index in [1.807, 2.05) is 0 Å². The monoisotopic (exact) mass is 318 g/mol. The number of hydrogen-bond acceptors (Lipinski definition) is 5. The molecule has 0 amide bonds. The molecule has 0 aromatic carbocycles. The van der Waals surface area contributed by atoms with Gasteiger partial charge in [-0.3, -0.25) is 4.57 Å². The Morgan fingerprint density at radius 1 is 0.650 bits per heavy atom. The molecule has 0 aromatic rings. The first-order chi connectivity index (χ1) is 9.39. The molecule has 0 spiro atoms. The lowest BCUT2D eigenvalue weighted by molar-refractivity contribution is 0.242. The molecular weight excluding hydrogens is 287 g/mol. The van der Waals surface area contributed by atoms with Crippen LogP contribution in [0.4, 0.5) is 0 Å². The molecule has 0 radical (unpaired) electrons. The smallest absolute Gasteiger partial charge is 0.325 e. The predicted octanol–water partition coefficient (Wildman–Crippen LogP) is 0.467. The minimum absolute atomic E-state index is 0.0625. The Hall–Kier alpha value is -0.0100. The molecule has 0 rings (SSSR count). The third-order valence-electron chi connectivity index (χ3n) is 2.04. The van der Waals surface area contributed by atoms with Crippen molar-refractivity contribution >= 4 is 7.60 Å². The summed E-state index contributed by atoms with van der Waals surface area (Å²) in [5.74, 6) is 0. The molecule has 0 heterocycles. The van der Waals surface area contributed by atoms with Gasteiger partial charge in [0.2, 0.25) is 0 Å². The fourth-order valence-corrected chi connectivity index (χ4v) is 0.801. The van der Waals surface area contributed by atoms with Crippen LogP contribution in [0.25, 0.3) is 0 Å². The second-order valence-corrected chi connectivity index (χ2v) is 5.96. The van der Waals surface area contributed by atoms with E-state index < -0.39 is 7.60 Å². The van der Waals surface area contributed by atoms with E-state index in [2.05, 4.69) is 0 Å². The zero-order chi connectivity index (χ0) is 16.3. The standard InChI is InChI=1S/C6H14O2.C4H10O2.C2H7O3P/c7-5-3-1-2-4-6-8;5-3-1-2-4-6;1-2-6(3,4)5/h7-8H,1-6H2;5-6H,1-4H2;2H2,1H3,(H2,3,4,5). The van der Waals surface area contributed by atoms with Crippen LogP contribution in [0, 0.1) is 0 Å². The largest absolute Gasteiger partial charge is 0.396 e. The lowest BCUT2D eigenvalue weighted by Crippen LogP contribution is -1.85. The normalized spacial score (nSPS) is 10.2. The molecule has 8 heteroatoms. The van der Waals surface area contributed by atoms with E-state index in [0.717, 1.165) is 38.5 Å². The Balaban J connectivity index is -0.000000221. The van der Waals surface area contributed by atoms with Crippen LogP contribution in [0.1, 0.15) is 45.4 Å². The van der Waals surface area contributed by atoms with E-state index >= 15 is 0 Å². The summed E-state index contributed by atoms with van der Waals surface area (Å²) < 4.78 is 9.69. The van der Waals surface area contributed by atoms with E-state index in [1.165, 1.54) is 6.92 Å². The van der Waals surface area contributed by atoms with Gasteiger partial charge in [0.05, 0.1) is 0 Å². The van der Waals surface area contributed by atoms with Crippen LogP contribution >= 0.6 is 7.60 Å². The zero-order valence-electron chi connectivity index (χ0n) is 12.3. The van der Waals surface area contributed by atoms with E-state index in [4.69, 9.17) is 30.2 Å². The Morgan fingerprint density at radius 3 is 1.00 bits per heavy atom. The topological polar surface area (TPSA) is 138 Å². The Labute approximate surface area is 121 Å². The van der Waals surface area contributed by atoms with Crippen LogP contribution in [0.3, 0.4) is 0 Å². The molecule has 20 heavy (non-hydrogen) atoms. The van der Waals surface area contributed by atoms with Gasteiger partial charge in [-0.2, -0.15) is 0 Å². The van der Waals surface area contributed by atoms with Crippen molar-refractivity contribution < 1.29 is 34.8 Å². The summed E-state index contributed by atoms with van der Waals surface area (Å²) in [5, 5.41) is 32.8. The second-order valence-electron chi connectivity index (χ2n) is 4.00. The van der Waals surface area contributed by atoms with Gasteiger partial charge in [0.15, 0.2) is 0 Å². The van der Waals surface area contributed by atoms with Crippen molar-refractivity contribution in [1.29, 1.82) is 0 Å². The van der Waals surface area contributed by atoms with Crippen molar-refractivity contribution in [2.75, 3.05) is 32.6 Å². The van der Waals surface area contributed by atoms with Crippen LogP contribution in [0.2, 0.25) is 0 Å². The fraction of sp³-hybridized carbons (Fsp3) is 1.00. The quantitative estimate of drug-likeness (QED) is 0.268. The molecule has 0 aromatic heterocycles. The lowest BCUT2D eigenvalue weighted by Gasteiger charge is -1.93. The van der Waals surface area contributed by atoms with E-state index in [1.54, 1.807) is 0 Å². The molecule has 0 atom stereocenters. The van der Waals surface area contributed by atoms with Crippen LogP contribution in [0.5, 0.6) is 0 Å². The maximum absolute atomic E-state index is 9.69. The van der Waals surface area contributed by atoms with Gasteiger partial charge in [-0.25, -0.2) is 0 Å². The van der Waals surface area contributed by atoms with Crippen molar-refractivity contribution in [1.82, 2.24) is 0 Å². The first-order valence-electron chi connectivity index (χ1n) is 6.87. The van der Waals surface area contributed by atoms with E-state index in [9.17, 15) is 4.57 Å². The van der Waals surface area contributed by atoms with Gasteiger partial charge in [-0.05, 0) is 25.7 Å². The number of aliphatic hydroxyl groups is 4. The van der Waals surface area contributed by atoms with Crippen molar-refractivity contribution in [3.63, 3.8) is 0 Å². The second kappa shape index (κ2) is 21.3. The van der Waals surface area contributed by atoms with Gasteiger partial charge >= 0.3 is 7.60 Å². The van der Waals surface area contributed by atoms with Crippen molar-refractivity contribution in [3.05, 3.63) is 0 Å². The third-order valence-corrected chi connectivity index (χ3v) is 2.87. The molecule has 0 saturated heterocycles. The molecular formula is C12H31O7P. The van der Waals surface area contributed by atoms with Crippen LogP contribution in [-0.4, -0.2) is 62.8 Å². The van der Waals surface area contributed by atoms with Gasteiger partial charge in [0, 0.05) is 32.6 Å². The van der Waals surface area contributed by atoms with Gasteiger partial charge in [0.25, 0.3) is 0 Å². The minimum atomic E-state index is -3.65. The first kappa shape index (κ1) is 25.0. The van der Waals surface area contributed by atoms with Crippen molar-refractivity contribution in [2.24, 2.45) is 0 Å². The molecule has 0 aliphatic heterocycles. The highest BCUT2D eigenvalue weighted by atomic mass is 31.2. The number of aliphatic hydroxyl groups excluding tert-OH is 4. The first-order valence-corrected chi connectivity index (χ1v) is 8.67. The maximum Gasteiger partial charge on any atom is 0.325 e. The lowest BCUT2D eigenvalue weighted by atomic mass is 10.2. The van der Waals surface area contributed by atoms with Gasteiger partial charge in [0.1, 0.15) is 0 Å². The zero-order valence-corrected chi connectivity index (χ0v) is 13.2. The molecule has 0 unspecified atom stereocenters. The van der Waals surface area contributed by atoms with Crippen LogP contribution in [-0.2, 0) is 4.57 Å². The number of hydrogen-bond donors (Lipinski definition) is 6. The summed E-state index contributed by atoms with van der Waals surface area (Å²) >= 11 is 0. The minimum Gasteiger partial charge on any atom is -0.396 e. The molecule has 0 saturated carbocycles. The molecule has 0 bridgehead atoms. The Morgan fingerprint density at radius 2 is 0.850 bits per heavy atom. The van der Waals surface area contributed by atoms with E-state index in [-0.39, 0.29) is 32.6 Å². The average Bonchev–Trinajstić information content (AvgIpc) is 2.42. The summed E-state index contributed by atoms with van der Waals surface area (Å²) in [4.78, 5) is 15.9. The summed E-state index contributed by atoms with van der Waals surface area (Å²) in [6.07, 6.45) is 5.20. The highest BCUT2D eigenvalue weighted by Gasteiger charge is 2.05. The summed E-state index contributed by atoms with van der Waals surface area (Å²) in [7, 11) is -3.65. The molecule has 7 nitrogen and oxygen atoms in total. The van der Waals surface area contributed by atoms with Gasteiger partial charge in [-0.1, -0.05) is 19.8 Å². The summed E-state index contributed by atoms with van der Waals surface area (Å²) in [6.45, 7) is 2.40. The van der Waals surface area contributed by atoms with Crippen LogP contribution in [0.15, 0.2) is 0 Å². The third kappa shape index (κ3) is 43.0. The SMILES string of the molecule is CCP(=O)(O)O.OCCCCCCO.OCCCCO. The maximum atomic E-state index is 9.69. The molecule has 0 fully saturated rings. The number of rotatable bonds is 9. The van der Waals surface area contributed by atoms with E-state index in [0.29, 0.717) is 0 Å². The highest BCUT2D eigenvalue weighted by Crippen LogP contribution is 2.32. The van der Waals surface area contributed by atoms with Crippen molar-refractivity contribution in [3.8, 4) is 0 Å². The molecule has 6 N–H and O–H groups in total. The van der Waals surface area contributed by atoms with Gasteiger partial charge in [-0.15, -0.1) is 0 Å². The predicted molar refractivity (Wildman–Crippen MR) is 78.6 cm³/mol. The fourth-order valence-electron chi connectivity index (χ4n) is 0.801. The highest BCUT2D eigenvalue weighted by molar-refractivity contribution is 7.51. The summed E-state index contributed by atoms with van der Waals surface area (Å²) in [5.41, 5.74) is 0. The Kier molecular flexibility index (Phi) is 26.6. The van der Waals surface area contributed by atoms with Crippen LogP contribution < -0.4 is 0 Å². The Bertz CT molecular complexity index is 186.